The predicted octanol–water partition coefficient (Wildman–Crippen LogP) is 7.29. The van der Waals surface area contributed by atoms with Crippen molar-refractivity contribution in [3.8, 4) is 11.1 Å². The highest BCUT2D eigenvalue weighted by atomic mass is 35.5. The van der Waals surface area contributed by atoms with Crippen LogP contribution in [0.15, 0.2) is 71.5 Å². The molecule has 0 atom stereocenters. The van der Waals surface area contributed by atoms with E-state index in [0.29, 0.717) is 10.6 Å². The number of aromatic nitrogens is 1. The third kappa shape index (κ3) is 4.89. The summed E-state index contributed by atoms with van der Waals surface area (Å²) in [5, 5.41) is 4.59. The molecule has 0 radical (unpaired) electrons. The van der Waals surface area contributed by atoms with Crippen molar-refractivity contribution in [1.29, 1.82) is 0 Å². The number of fused-ring (bicyclic) bond motifs is 1. The van der Waals surface area contributed by atoms with Crippen molar-refractivity contribution in [2.45, 2.75) is 46.0 Å². The van der Waals surface area contributed by atoms with E-state index in [-0.39, 0.29) is 29.7 Å². The van der Waals surface area contributed by atoms with Gasteiger partial charge in [-0.3, -0.25) is 9.59 Å². The van der Waals surface area contributed by atoms with Crippen molar-refractivity contribution in [2.24, 2.45) is 7.05 Å². The maximum absolute atomic E-state index is 13.6. The van der Waals surface area contributed by atoms with Crippen LogP contribution < -0.4 is 10.9 Å². The van der Waals surface area contributed by atoms with Crippen LogP contribution in [0.4, 0.5) is 5.69 Å². The highest BCUT2D eigenvalue weighted by Crippen LogP contribution is 2.34. The molecule has 35 heavy (non-hydrogen) atoms. The van der Waals surface area contributed by atoms with Gasteiger partial charge < -0.3 is 9.88 Å². The number of halogens is 1. The summed E-state index contributed by atoms with van der Waals surface area (Å²) in [6, 6.07) is 21.4. The molecule has 3 aromatic carbocycles. The molecule has 0 aliphatic carbocycles. The van der Waals surface area contributed by atoms with E-state index < -0.39 is 0 Å². The summed E-state index contributed by atoms with van der Waals surface area (Å²) >= 11 is 6.36. The van der Waals surface area contributed by atoms with Gasteiger partial charge in [0.1, 0.15) is 0 Å². The van der Waals surface area contributed by atoms with Crippen molar-refractivity contribution >= 4 is 34.1 Å². The minimum atomic E-state index is -0.212. The van der Waals surface area contributed by atoms with Crippen molar-refractivity contribution in [2.75, 3.05) is 5.32 Å². The molecule has 0 saturated carbocycles. The summed E-state index contributed by atoms with van der Waals surface area (Å²) in [4.78, 5) is 27.0. The van der Waals surface area contributed by atoms with E-state index in [1.165, 1.54) is 0 Å². The first-order valence-corrected chi connectivity index (χ1v) is 12.4. The summed E-state index contributed by atoms with van der Waals surface area (Å²) in [5.41, 5.74) is 5.71. The molecule has 0 spiro atoms. The molecule has 1 amide bonds. The second-order valence-electron chi connectivity index (χ2n) is 9.59. The number of hydrogen-bond acceptors (Lipinski definition) is 2. The average Bonchev–Trinajstić information content (AvgIpc) is 2.82. The van der Waals surface area contributed by atoms with Gasteiger partial charge in [0.25, 0.3) is 5.56 Å². The van der Waals surface area contributed by atoms with Crippen LogP contribution in [0.25, 0.3) is 22.0 Å². The van der Waals surface area contributed by atoms with Crippen LogP contribution in [0.3, 0.4) is 0 Å². The molecule has 5 heteroatoms. The number of nitrogens with one attached hydrogen (secondary N) is 1. The van der Waals surface area contributed by atoms with Gasteiger partial charge in [-0.05, 0) is 46.7 Å². The lowest BCUT2D eigenvalue weighted by molar-refractivity contribution is -0.115. The number of carbonyl (C=O) groups is 1. The summed E-state index contributed by atoms with van der Waals surface area (Å²) in [6.45, 7) is 8.47. The molecular weight excluding hydrogens is 456 g/mol. The van der Waals surface area contributed by atoms with Crippen molar-refractivity contribution in [3.63, 3.8) is 0 Å². The standard InChI is InChI=1S/C30H31ClN2O2/c1-18(2)22-12-9-13-23(19(3)4)29(22)32-27(34)17-25-28(20-10-7-6-8-11-20)24-16-21(31)14-15-26(24)33(5)30(25)35/h6-16,18-19H,17H2,1-5H3,(H,32,34). The number of nitrogens with zero attached hydrogens (tertiary/aromatic N) is 1. The molecule has 1 N–H and O–H groups in total. The highest BCUT2D eigenvalue weighted by molar-refractivity contribution is 6.31. The Morgan fingerprint density at radius 3 is 2.14 bits per heavy atom. The van der Waals surface area contributed by atoms with E-state index in [1.54, 1.807) is 17.7 Å². The van der Waals surface area contributed by atoms with Gasteiger partial charge in [-0.1, -0.05) is 87.8 Å². The van der Waals surface area contributed by atoms with Gasteiger partial charge in [-0.15, -0.1) is 0 Å². The maximum Gasteiger partial charge on any atom is 0.255 e. The normalized spacial score (nSPS) is 11.4. The lowest BCUT2D eigenvalue weighted by Gasteiger charge is -2.21. The number of benzene rings is 3. The van der Waals surface area contributed by atoms with Crippen LogP contribution in [0, 0.1) is 0 Å². The number of rotatable bonds is 6. The lowest BCUT2D eigenvalue weighted by atomic mass is 9.92. The van der Waals surface area contributed by atoms with Crippen LogP contribution in [-0.4, -0.2) is 10.5 Å². The lowest BCUT2D eigenvalue weighted by Crippen LogP contribution is -2.27. The Morgan fingerprint density at radius 2 is 1.54 bits per heavy atom. The fraction of sp³-hybridized carbons (Fsp3) is 0.267. The zero-order chi connectivity index (χ0) is 25.3. The second-order valence-corrected chi connectivity index (χ2v) is 10.0. The van der Waals surface area contributed by atoms with E-state index in [1.807, 2.05) is 48.5 Å². The number of carbonyl (C=O) groups excluding carboxylic acids is 1. The smallest absolute Gasteiger partial charge is 0.255 e. The molecule has 1 aromatic heterocycles. The Hall–Kier alpha value is -3.37. The third-order valence-corrected chi connectivity index (χ3v) is 6.73. The molecule has 0 unspecified atom stereocenters. The van der Waals surface area contributed by atoms with Crippen LogP contribution in [0.5, 0.6) is 0 Å². The van der Waals surface area contributed by atoms with Crippen LogP contribution in [0.2, 0.25) is 5.02 Å². The molecule has 180 valence electrons. The zero-order valence-electron chi connectivity index (χ0n) is 20.9. The second kappa shape index (κ2) is 10.1. The van der Waals surface area contributed by atoms with Gasteiger partial charge >= 0.3 is 0 Å². The predicted molar refractivity (Wildman–Crippen MR) is 147 cm³/mol. The maximum atomic E-state index is 13.6. The van der Waals surface area contributed by atoms with E-state index in [0.717, 1.165) is 38.8 Å². The largest absolute Gasteiger partial charge is 0.325 e. The average molecular weight is 487 g/mol. The third-order valence-electron chi connectivity index (χ3n) is 6.49. The fourth-order valence-corrected chi connectivity index (χ4v) is 4.89. The Balaban J connectivity index is 1.86. The fourth-order valence-electron chi connectivity index (χ4n) is 4.72. The Bertz CT molecular complexity index is 1430. The molecule has 0 aliphatic rings. The van der Waals surface area contributed by atoms with Crippen LogP contribution in [-0.2, 0) is 18.3 Å². The first kappa shape index (κ1) is 24.7. The minimum Gasteiger partial charge on any atom is -0.325 e. The van der Waals surface area contributed by atoms with Crippen LogP contribution >= 0.6 is 11.6 Å². The van der Waals surface area contributed by atoms with Crippen molar-refractivity contribution < 1.29 is 4.79 Å². The monoisotopic (exact) mass is 486 g/mol. The van der Waals surface area contributed by atoms with Gasteiger partial charge in [0.2, 0.25) is 5.91 Å². The molecule has 4 nitrogen and oxygen atoms in total. The molecule has 4 aromatic rings. The van der Waals surface area contributed by atoms with Crippen molar-refractivity contribution in [1.82, 2.24) is 4.57 Å². The SMILES string of the molecule is CC(C)c1cccc(C(C)C)c1NC(=O)Cc1c(-c2ccccc2)c2cc(Cl)ccc2n(C)c1=O. The number of hydrogen-bond donors (Lipinski definition) is 1. The number of pyridine rings is 1. The Morgan fingerprint density at radius 1 is 0.914 bits per heavy atom. The molecule has 0 fully saturated rings. The summed E-state index contributed by atoms with van der Waals surface area (Å²) in [7, 11) is 1.74. The summed E-state index contributed by atoms with van der Waals surface area (Å²) in [6.07, 6.45) is -0.0384. The van der Waals surface area contributed by atoms with E-state index in [9.17, 15) is 9.59 Å². The molecule has 0 saturated heterocycles. The van der Waals surface area contributed by atoms with Gasteiger partial charge in [0, 0.05) is 34.3 Å². The number of aryl methyl sites for hydroxylation is 1. The zero-order valence-corrected chi connectivity index (χ0v) is 21.6. The number of amides is 1. The first-order valence-electron chi connectivity index (χ1n) is 12.0. The minimum absolute atomic E-state index is 0.0384. The van der Waals surface area contributed by atoms with Gasteiger partial charge in [-0.25, -0.2) is 0 Å². The quantitative estimate of drug-likeness (QED) is 0.311. The molecule has 0 bridgehead atoms. The summed E-state index contributed by atoms with van der Waals surface area (Å²) in [5.74, 6) is 0.287. The Kier molecular flexibility index (Phi) is 7.13. The van der Waals surface area contributed by atoms with Gasteiger partial charge in [-0.2, -0.15) is 0 Å². The molecular formula is C30H31ClN2O2. The first-order chi connectivity index (χ1) is 16.7. The van der Waals surface area contributed by atoms with E-state index in [2.05, 4.69) is 45.1 Å². The Labute approximate surface area is 211 Å². The van der Waals surface area contributed by atoms with E-state index in [4.69, 9.17) is 11.6 Å². The van der Waals surface area contributed by atoms with Gasteiger partial charge in [0.05, 0.1) is 11.9 Å². The highest BCUT2D eigenvalue weighted by Gasteiger charge is 2.21. The molecule has 1 heterocycles. The molecule has 0 aliphatic heterocycles. The number of para-hydroxylation sites is 1. The van der Waals surface area contributed by atoms with Crippen LogP contribution in [0.1, 0.15) is 56.2 Å². The van der Waals surface area contributed by atoms with Crippen molar-refractivity contribution in [3.05, 3.63) is 98.8 Å². The van der Waals surface area contributed by atoms with Gasteiger partial charge in [0.15, 0.2) is 0 Å². The van der Waals surface area contributed by atoms with E-state index >= 15 is 0 Å². The molecule has 4 rings (SSSR count). The topological polar surface area (TPSA) is 51.1 Å². The number of anilines is 1. The summed E-state index contributed by atoms with van der Waals surface area (Å²) < 4.78 is 1.60.